The number of rotatable bonds is 6. The van der Waals surface area contributed by atoms with Crippen molar-refractivity contribution in [1.29, 1.82) is 0 Å². The molecule has 3 nitrogen and oxygen atoms in total. The van der Waals surface area contributed by atoms with E-state index in [1.807, 2.05) is 18.7 Å². The highest BCUT2D eigenvalue weighted by molar-refractivity contribution is 5.78. The van der Waals surface area contributed by atoms with E-state index in [2.05, 4.69) is 25.9 Å². The molecule has 0 aliphatic rings. The highest BCUT2D eigenvalue weighted by Gasteiger charge is 2.15. The standard InChI is InChI=1S/C14H24N2O/c1-6-7-13(17)8-10(2)9-14-11(3)15-16(5)12(14)4/h10H,6-9H2,1-5H3. The number of Topliss-reactive ketones (excluding diaryl/α,β-unsaturated/α-hetero) is 1. The Morgan fingerprint density at radius 1 is 1.41 bits per heavy atom. The van der Waals surface area contributed by atoms with Gasteiger partial charge in [0.15, 0.2) is 0 Å². The minimum atomic E-state index is 0.388. The first kappa shape index (κ1) is 13.9. The molecule has 3 heteroatoms. The molecule has 17 heavy (non-hydrogen) atoms. The minimum absolute atomic E-state index is 0.388. The monoisotopic (exact) mass is 236 g/mol. The van der Waals surface area contributed by atoms with Gasteiger partial charge in [-0.1, -0.05) is 13.8 Å². The Morgan fingerprint density at radius 2 is 2.06 bits per heavy atom. The fraction of sp³-hybridized carbons (Fsp3) is 0.714. The van der Waals surface area contributed by atoms with Gasteiger partial charge in [-0.15, -0.1) is 0 Å². The molecule has 0 bridgehead atoms. The van der Waals surface area contributed by atoms with Crippen molar-refractivity contribution < 1.29 is 4.79 Å². The first-order valence-electron chi connectivity index (χ1n) is 6.46. The number of carbonyl (C=O) groups excluding carboxylic acids is 1. The molecule has 1 unspecified atom stereocenters. The lowest BCUT2D eigenvalue weighted by Gasteiger charge is -2.10. The van der Waals surface area contributed by atoms with Gasteiger partial charge in [0.1, 0.15) is 5.78 Å². The summed E-state index contributed by atoms with van der Waals surface area (Å²) in [5.74, 6) is 0.801. The molecule has 1 aromatic heterocycles. The number of aryl methyl sites for hydroxylation is 2. The number of ketones is 1. The molecule has 0 fully saturated rings. The van der Waals surface area contributed by atoms with Gasteiger partial charge in [0, 0.05) is 25.6 Å². The van der Waals surface area contributed by atoms with Crippen LogP contribution in [-0.2, 0) is 18.3 Å². The van der Waals surface area contributed by atoms with Crippen LogP contribution in [0, 0.1) is 19.8 Å². The van der Waals surface area contributed by atoms with E-state index in [0.29, 0.717) is 18.1 Å². The van der Waals surface area contributed by atoms with Crippen LogP contribution in [0.4, 0.5) is 0 Å². The third kappa shape index (κ3) is 3.69. The Labute approximate surface area is 104 Å². The highest BCUT2D eigenvalue weighted by Crippen LogP contribution is 2.19. The molecule has 1 heterocycles. The maximum Gasteiger partial charge on any atom is 0.133 e. The van der Waals surface area contributed by atoms with Gasteiger partial charge in [-0.25, -0.2) is 0 Å². The van der Waals surface area contributed by atoms with Crippen molar-refractivity contribution in [1.82, 2.24) is 9.78 Å². The van der Waals surface area contributed by atoms with Gasteiger partial charge in [-0.05, 0) is 38.2 Å². The Morgan fingerprint density at radius 3 is 2.53 bits per heavy atom. The summed E-state index contributed by atoms with van der Waals surface area (Å²) in [4.78, 5) is 11.6. The van der Waals surface area contributed by atoms with E-state index < -0.39 is 0 Å². The topological polar surface area (TPSA) is 34.9 Å². The van der Waals surface area contributed by atoms with E-state index in [4.69, 9.17) is 0 Å². The fourth-order valence-electron chi connectivity index (χ4n) is 2.30. The molecule has 0 spiro atoms. The van der Waals surface area contributed by atoms with Crippen LogP contribution in [0.2, 0.25) is 0 Å². The van der Waals surface area contributed by atoms with E-state index in [1.54, 1.807) is 0 Å². The normalized spacial score (nSPS) is 12.8. The van der Waals surface area contributed by atoms with Crippen molar-refractivity contribution in [2.45, 2.75) is 53.4 Å². The molecule has 1 atom stereocenters. The van der Waals surface area contributed by atoms with Crippen molar-refractivity contribution >= 4 is 5.78 Å². The molecule has 96 valence electrons. The zero-order valence-electron chi connectivity index (χ0n) is 11.7. The van der Waals surface area contributed by atoms with Crippen molar-refractivity contribution in [2.75, 3.05) is 0 Å². The first-order chi connectivity index (χ1) is 7.95. The van der Waals surface area contributed by atoms with E-state index in [0.717, 1.165) is 25.0 Å². The SMILES string of the molecule is CCCC(=O)CC(C)Cc1c(C)nn(C)c1C. The van der Waals surface area contributed by atoms with Crippen LogP contribution in [0.3, 0.4) is 0 Å². The quantitative estimate of drug-likeness (QED) is 0.761. The maximum absolute atomic E-state index is 11.6. The van der Waals surface area contributed by atoms with Crippen molar-refractivity contribution in [2.24, 2.45) is 13.0 Å². The van der Waals surface area contributed by atoms with Gasteiger partial charge in [0.2, 0.25) is 0 Å². The predicted octanol–water partition coefficient (Wildman–Crippen LogP) is 2.97. The second kappa shape index (κ2) is 5.99. The Kier molecular flexibility index (Phi) is 4.91. The van der Waals surface area contributed by atoms with Gasteiger partial charge in [0.25, 0.3) is 0 Å². The number of nitrogens with zero attached hydrogens (tertiary/aromatic N) is 2. The predicted molar refractivity (Wildman–Crippen MR) is 70.1 cm³/mol. The summed E-state index contributed by atoms with van der Waals surface area (Å²) >= 11 is 0. The van der Waals surface area contributed by atoms with Gasteiger partial charge < -0.3 is 0 Å². The molecule has 0 N–H and O–H groups in total. The van der Waals surface area contributed by atoms with Crippen LogP contribution in [0.15, 0.2) is 0 Å². The average molecular weight is 236 g/mol. The number of aromatic nitrogens is 2. The summed E-state index contributed by atoms with van der Waals surface area (Å²) in [7, 11) is 1.97. The van der Waals surface area contributed by atoms with E-state index in [9.17, 15) is 4.79 Å². The molecule has 0 aromatic carbocycles. The van der Waals surface area contributed by atoms with Gasteiger partial charge in [0.05, 0.1) is 5.69 Å². The Hall–Kier alpha value is -1.12. The van der Waals surface area contributed by atoms with Crippen LogP contribution in [0.25, 0.3) is 0 Å². The Balaban J connectivity index is 2.62. The van der Waals surface area contributed by atoms with Gasteiger partial charge >= 0.3 is 0 Å². The molecular formula is C14H24N2O. The van der Waals surface area contributed by atoms with Gasteiger partial charge in [-0.2, -0.15) is 5.10 Å². The lowest BCUT2D eigenvalue weighted by molar-refractivity contribution is -0.119. The second-order valence-electron chi connectivity index (χ2n) is 5.08. The third-order valence-corrected chi connectivity index (χ3v) is 3.32. The smallest absolute Gasteiger partial charge is 0.133 e. The summed E-state index contributed by atoms with van der Waals surface area (Å²) < 4.78 is 1.92. The molecule has 1 aromatic rings. The minimum Gasteiger partial charge on any atom is -0.300 e. The zero-order valence-corrected chi connectivity index (χ0v) is 11.7. The lowest BCUT2D eigenvalue weighted by atomic mass is 9.94. The lowest BCUT2D eigenvalue weighted by Crippen LogP contribution is -2.09. The Bertz CT molecular complexity index is 393. The maximum atomic E-state index is 11.6. The van der Waals surface area contributed by atoms with Crippen LogP contribution >= 0.6 is 0 Å². The van der Waals surface area contributed by atoms with Crippen LogP contribution in [-0.4, -0.2) is 15.6 Å². The number of carbonyl (C=O) groups is 1. The first-order valence-corrected chi connectivity index (χ1v) is 6.46. The molecule has 0 amide bonds. The summed E-state index contributed by atoms with van der Waals surface area (Å²) in [6.45, 7) is 8.34. The van der Waals surface area contributed by atoms with Crippen LogP contribution in [0.1, 0.15) is 50.1 Å². The molecule has 0 radical (unpaired) electrons. The summed E-state index contributed by atoms with van der Waals surface area (Å²) in [5, 5.41) is 4.41. The van der Waals surface area contributed by atoms with Crippen LogP contribution in [0.5, 0.6) is 0 Å². The summed E-state index contributed by atoms with van der Waals surface area (Å²) in [6.07, 6.45) is 3.33. The molecule has 1 rings (SSSR count). The highest BCUT2D eigenvalue weighted by atomic mass is 16.1. The van der Waals surface area contributed by atoms with E-state index >= 15 is 0 Å². The average Bonchev–Trinajstić information content (AvgIpc) is 2.45. The molecule has 0 aliphatic carbocycles. The van der Waals surface area contributed by atoms with Crippen molar-refractivity contribution in [3.05, 3.63) is 17.0 Å². The van der Waals surface area contributed by atoms with E-state index in [-0.39, 0.29) is 0 Å². The van der Waals surface area contributed by atoms with Crippen molar-refractivity contribution in [3.63, 3.8) is 0 Å². The van der Waals surface area contributed by atoms with Crippen LogP contribution < -0.4 is 0 Å². The van der Waals surface area contributed by atoms with E-state index in [1.165, 1.54) is 11.3 Å². The summed E-state index contributed by atoms with van der Waals surface area (Å²) in [6, 6.07) is 0. The number of hydrogen-bond acceptors (Lipinski definition) is 2. The fourth-order valence-corrected chi connectivity index (χ4v) is 2.30. The molecule has 0 saturated carbocycles. The second-order valence-corrected chi connectivity index (χ2v) is 5.08. The molecular weight excluding hydrogens is 212 g/mol. The third-order valence-electron chi connectivity index (χ3n) is 3.32. The van der Waals surface area contributed by atoms with Gasteiger partial charge in [-0.3, -0.25) is 9.48 Å². The summed E-state index contributed by atoms with van der Waals surface area (Å²) in [5.41, 5.74) is 3.63. The van der Waals surface area contributed by atoms with Crippen molar-refractivity contribution in [3.8, 4) is 0 Å². The molecule has 0 saturated heterocycles. The molecule has 0 aliphatic heterocycles. The largest absolute Gasteiger partial charge is 0.300 e. The number of hydrogen-bond donors (Lipinski definition) is 0. The zero-order chi connectivity index (χ0) is 13.0.